The van der Waals surface area contributed by atoms with Gasteiger partial charge in [-0.15, -0.1) is 0 Å². The van der Waals surface area contributed by atoms with Gasteiger partial charge in [0.15, 0.2) is 12.1 Å². The number of rotatable bonds is 4. The van der Waals surface area contributed by atoms with Crippen LogP contribution < -0.4 is 4.74 Å². The largest absolute Gasteiger partial charge is 0.465 e. The predicted octanol–water partition coefficient (Wildman–Crippen LogP) is 3.69. The second kappa shape index (κ2) is 7.08. The zero-order valence-corrected chi connectivity index (χ0v) is 12.7. The summed E-state index contributed by atoms with van der Waals surface area (Å²) in [5.41, 5.74) is 1.69. The van der Waals surface area contributed by atoms with Crippen molar-refractivity contribution >= 4 is 5.78 Å². The lowest BCUT2D eigenvalue weighted by atomic mass is 10.0. The van der Waals surface area contributed by atoms with Crippen molar-refractivity contribution in [2.45, 2.75) is 25.6 Å². The van der Waals surface area contributed by atoms with Crippen LogP contribution in [0.5, 0.6) is 5.75 Å². The van der Waals surface area contributed by atoms with Crippen LogP contribution >= 0.6 is 0 Å². The molecule has 0 N–H and O–H groups in total. The first-order valence-electron chi connectivity index (χ1n) is 7.69. The molecule has 0 bridgehead atoms. The van der Waals surface area contributed by atoms with Gasteiger partial charge in [0, 0.05) is 17.5 Å². The Labute approximate surface area is 135 Å². The van der Waals surface area contributed by atoms with Crippen LogP contribution in [0.1, 0.15) is 40.7 Å². The fourth-order valence-corrected chi connectivity index (χ4v) is 2.50. The molecule has 1 saturated heterocycles. The molecule has 0 aromatic heterocycles. The maximum absolute atomic E-state index is 12.4. The lowest BCUT2D eigenvalue weighted by Crippen LogP contribution is -2.24. The molecule has 0 radical (unpaired) electrons. The second-order valence-corrected chi connectivity index (χ2v) is 5.46. The van der Waals surface area contributed by atoms with Crippen LogP contribution in [-0.4, -0.2) is 18.7 Å². The summed E-state index contributed by atoms with van der Waals surface area (Å²) in [6.07, 6.45) is 2.90. The molecule has 1 atom stereocenters. The van der Waals surface area contributed by atoms with E-state index >= 15 is 0 Å². The molecule has 1 aliphatic rings. The number of ether oxygens (including phenoxy) is 2. The van der Waals surface area contributed by atoms with Gasteiger partial charge in [-0.3, -0.25) is 4.79 Å². The molecule has 3 rings (SSSR count). The van der Waals surface area contributed by atoms with Crippen molar-refractivity contribution in [3.8, 4) is 11.8 Å². The van der Waals surface area contributed by atoms with E-state index in [0.717, 1.165) is 25.9 Å². The van der Waals surface area contributed by atoms with Gasteiger partial charge in [-0.2, -0.15) is 5.26 Å². The maximum Gasteiger partial charge on any atom is 0.199 e. The van der Waals surface area contributed by atoms with Crippen molar-refractivity contribution in [2.24, 2.45) is 0 Å². The molecule has 0 spiro atoms. The van der Waals surface area contributed by atoms with E-state index in [-0.39, 0.29) is 12.1 Å². The third-order valence-electron chi connectivity index (χ3n) is 3.80. The lowest BCUT2D eigenvalue weighted by Gasteiger charge is -2.23. The van der Waals surface area contributed by atoms with E-state index in [1.807, 2.05) is 6.07 Å². The smallest absolute Gasteiger partial charge is 0.199 e. The van der Waals surface area contributed by atoms with Crippen molar-refractivity contribution < 1.29 is 14.3 Å². The molecule has 116 valence electrons. The molecule has 4 heteroatoms. The van der Waals surface area contributed by atoms with Crippen LogP contribution in [0.2, 0.25) is 0 Å². The minimum Gasteiger partial charge on any atom is -0.465 e. The zero-order valence-electron chi connectivity index (χ0n) is 12.7. The molecule has 0 saturated carbocycles. The average molecular weight is 307 g/mol. The van der Waals surface area contributed by atoms with Gasteiger partial charge < -0.3 is 9.47 Å². The van der Waals surface area contributed by atoms with Crippen LogP contribution in [0.25, 0.3) is 0 Å². The number of hydrogen-bond donors (Lipinski definition) is 0. The Morgan fingerprint density at radius 3 is 2.26 bits per heavy atom. The monoisotopic (exact) mass is 307 g/mol. The average Bonchev–Trinajstić information content (AvgIpc) is 2.63. The summed E-state index contributed by atoms with van der Waals surface area (Å²) in [6.45, 7) is 0.736. The van der Waals surface area contributed by atoms with Crippen molar-refractivity contribution in [1.29, 1.82) is 5.26 Å². The van der Waals surface area contributed by atoms with E-state index in [0.29, 0.717) is 22.4 Å². The Morgan fingerprint density at radius 2 is 1.70 bits per heavy atom. The number of nitrogens with zero attached hydrogens (tertiary/aromatic N) is 1. The Kier molecular flexibility index (Phi) is 4.70. The van der Waals surface area contributed by atoms with Gasteiger partial charge in [0.2, 0.25) is 0 Å². The minimum atomic E-state index is -0.191. The van der Waals surface area contributed by atoms with Crippen molar-refractivity contribution in [1.82, 2.24) is 0 Å². The van der Waals surface area contributed by atoms with Crippen LogP contribution in [0.4, 0.5) is 0 Å². The van der Waals surface area contributed by atoms with Gasteiger partial charge in [-0.05, 0) is 61.4 Å². The molecule has 2 aromatic rings. The van der Waals surface area contributed by atoms with Crippen molar-refractivity contribution in [3.63, 3.8) is 0 Å². The molecule has 0 amide bonds. The third-order valence-corrected chi connectivity index (χ3v) is 3.80. The van der Waals surface area contributed by atoms with Crippen LogP contribution in [0.3, 0.4) is 0 Å². The fraction of sp³-hybridized carbons (Fsp3) is 0.263. The molecule has 1 heterocycles. The first-order chi connectivity index (χ1) is 11.3. The normalized spacial score (nSPS) is 17.3. The summed E-state index contributed by atoms with van der Waals surface area (Å²) in [7, 11) is 0. The highest BCUT2D eigenvalue weighted by Gasteiger charge is 2.15. The Bertz CT molecular complexity index is 708. The number of carbonyl (C=O) groups excluding carboxylic acids is 1. The van der Waals surface area contributed by atoms with Gasteiger partial charge >= 0.3 is 0 Å². The van der Waals surface area contributed by atoms with Gasteiger partial charge in [-0.25, -0.2) is 0 Å². The Morgan fingerprint density at radius 1 is 1.04 bits per heavy atom. The highest BCUT2D eigenvalue weighted by molar-refractivity contribution is 6.09. The molecule has 1 aliphatic heterocycles. The molecule has 2 aromatic carbocycles. The summed E-state index contributed by atoms with van der Waals surface area (Å²) < 4.78 is 11.3. The quantitative estimate of drug-likeness (QED) is 0.808. The standard InChI is InChI=1S/C19H17NO3/c20-13-14-4-6-15(7-5-14)19(21)16-8-10-17(11-9-16)23-18-3-1-2-12-22-18/h4-11,18H,1-3,12H2/t18-/m0/s1. The van der Waals surface area contributed by atoms with E-state index in [9.17, 15) is 4.79 Å². The van der Waals surface area contributed by atoms with Gasteiger partial charge in [0.05, 0.1) is 18.2 Å². The van der Waals surface area contributed by atoms with E-state index < -0.39 is 0 Å². The number of ketones is 1. The van der Waals surface area contributed by atoms with E-state index in [1.54, 1.807) is 48.5 Å². The topological polar surface area (TPSA) is 59.3 Å². The van der Waals surface area contributed by atoms with Gasteiger partial charge in [-0.1, -0.05) is 0 Å². The lowest BCUT2D eigenvalue weighted by molar-refractivity contribution is -0.105. The zero-order chi connectivity index (χ0) is 16.1. The number of hydrogen-bond acceptors (Lipinski definition) is 4. The van der Waals surface area contributed by atoms with E-state index in [2.05, 4.69) is 0 Å². The van der Waals surface area contributed by atoms with Crippen LogP contribution in [0, 0.1) is 11.3 Å². The number of benzene rings is 2. The first-order valence-corrected chi connectivity index (χ1v) is 7.69. The van der Waals surface area contributed by atoms with Gasteiger partial charge in [0.1, 0.15) is 5.75 Å². The summed E-state index contributed by atoms with van der Waals surface area (Å²) in [5, 5.41) is 8.79. The Balaban J connectivity index is 1.68. The number of nitriles is 1. The van der Waals surface area contributed by atoms with Crippen molar-refractivity contribution in [3.05, 3.63) is 65.2 Å². The molecule has 1 fully saturated rings. The summed E-state index contributed by atoms with van der Waals surface area (Å²) >= 11 is 0. The molecule has 0 unspecified atom stereocenters. The second-order valence-electron chi connectivity index (χ2n) is 5.46. The Hall–Kier alpha value is -2.64. The fourth-order valence-electron chi connectivity index (χ4n) is 2.50. The van der Waals surface area contributed by atoms with E-state index in [1.165, 1.54) is 0 Å². The van der Waals surface area contributed by atoms with Crippen LogP contribution in [-0.2, 0) is 4.74 Å². The third kappa shape index (κ3) is 3.77. The minimum absolute atomic E-state index is 0.0741. The molecule has 4 nitrogen and oxygen atoms in total. The molecule has 23 heavy (non-hydrogen) atoms. The summed E-state index contributed by atoms with van der Waals surface area (Å²) in [6, 6.07) is 15.7. The van der Waals surface area contributed by atoms with Gasteiger partial charge in [0.25, 0.3) is 0 Å². The summed E-state index contributed by atoms with van der Waals surface area (Å²) in [4.78, 5) is 12.4. The SMILES string of the molecule is N#Cc1ccc(C(=O)c2ccc(O[C@H]3CCCCO3)cc2)cc1. The molecule has 0 aliphatic carbocycles. The first kappa shape index (κ1) is 15.3. The predicted molar refractivity (Wildman–Crippen MR) is 85.3 cm³/mol. The van der Waals surface area contributed by atoms with Crippen molar-refractivity contribution in [2.75, 3.05) is 6.61 Å². The molecular weight excluding hydrogens is 290 g/mol. The number of carbonyl (C=O) groups is 1. The molecular formula is C19H17NO3. The highest BCUT2D eigenvalue weighted by Crippen LogP contribution is 2.20. The summed E-state index contributed by atoms with van der Waals surface area (Å²) in [5.74, 6) is 0.628. The highest BCUT2D eigenvalue weighted by atomic mass is 16.7. The maximum atomic E-state index is 12.4. The van der Waals surface area contributed by atoms with Crippen LogP contribution in [0.15, 0.2) is 48.5 Å². The van der Waals surface area contributed by atoms with E-state index in [4.69, 9.17) is 14.7 Å².